The number of aryl methyl sites for hydroxylation is 2. The van der Waals surface area contributed by atoms with Crippen molar-refractivity contribution in [2.24, 2.45) is 0 Å². The van der Waals surface area contributed by atoms with Gasteiger partial charge >= 0.3 is 6.03 Å². The first kappa shape index (κ1) is 17.1. The monoisotopic (exact) mass is 331 g/mol. The number of nitrogens with one attached hydrogen (secondary N) is 2. The SMILES string of the molecule is CC(=O)c1ccc(NC(=O)NC[C@@H](C)c2nc(C)cs2)cc1C. The Labute approximate surface area is 140 Å². The molecule has 1 heterocycles. The van der Waals surface area contributed by atoms with Gasteiger partial charge in [-0.05, 0) is 44.5 Å². The van der Waals surface area contributed by atoms with Gasteiger partial charge < -0.3 is 10.6 Å². The second-order valence-electron chi connectivity index (χ2n) is 5.65. The predicted molar refractivity (Wildman–Crippen MR) is 93.5 cm³/mol. The fourth-order valence-corrected chi connectivity index (χ4v) is 3.10. The number of urea groups is 1. The van der Waals surface area contributed by atoms with Gasteiger partial charge in [0.2, 0.25) is 0 Å². The highest BCUT2D eigenvalue weighted by Crippen LogP contribution is 2.19. The van der Waals surface area contributed by atoms with Crippen molar-refractivity contribution in [2.75, 3.05) is 11.9 Å². The van der Waals surface area contributed by atoms with Crippen molar-refractivity contribution < 1.29 is 9.59 Å². The molecule has 0 radical (unpaired) electrons. The summed E-state index contributed by atoms with van der Waals surface area (Å²) in [7, 11) is 0. The minimum Gasteiger partial charge on any atom is -0.337 e. The Kier molecular flexibility index (Phi) is 5.50. The molecular formula is C17H21N3O2S. The number of amides is 2. The normalized spacial score (nSPS) is 11.8. The summed E-state index contributed by atoms with van der Waals surface area (Å²) in [5.74, 6) is 0.187. The van der Waals surface area contributed by atoms with Gasteiger partial charge in [-0.2, -0.15) is 0 Å². The third-order valence-corrected chi connectivity index (χ3v) is 4.68. The molecule has 23 heavy (non-hydrogen) atoms. The molecule has 0 saturated heterocycles. The molecule has 2 aromatic rings. The van der Waals surface area contributed by atoms with E-state index in [9.17, 15) is 9.59 Å². The van der Waals surface area contributed by atoms with Crippen molar-refractivity contribution in [1.29, 1.82) is 0 Å². The fourth-order valence-electron chi connectivity index (χ4n) is 2.24. The lowest BCUT2D eigenvalue weighted by Gasteiger charge is -2.12. The number of carbonyl (C=O) groups is 2. The number of ketones is 1. The molecule has 0 unspecified atom stereocenters. The third kappa shape index (κ3) is 4.63. The van der Waals surface area contributed by atoms with Gasteiger partial charge in [0.25, 0.3) is 0 Å². The molecule has 1 atom stereocenters. The summed E-state index contributed by atoms with van der Waals surface area (Å²) in [6, 6.07) is 5.00. The fraction of sp³-hybridized carbons (Fsp3) is 0.353. The molecule has 122 valence electrons. The lowest BCUT2D eigenvalue weighted by atomic mass is 10.1. The standard InChI is InChI=1S/C17H21N3O2S/c1-10-7-14(5-6-15(10)13(4)21)20-17(22)18-8-11(2)16-19-12(3)9-23-16/h5-7,9,11H,8H2,1-4H3,(H2,18,20,22)/t11-/m1/s1. The third-order valence-electron chi connectivity index (χ3n) is 3.49. The number of thiazole rings is 1. The minimum absolute atomic E-state index is 0.0195. The largest absolute Gasteiger partial charge is 0.337 e. The van der Waals surface area contributed by atoms with E-state index in [0.29, 0.717) is 17.8 Å². The summed E-state index contributed by atoms with van der Waals surface area (Å²) >= 11 is 1.60. The maximum atomic E-state index is 12.0. The molecule has 0 aliphatic carbocycles. The Hall–Kier alpha value is -2.21. The van der Waals surface area contributed by atoms with Gasteiger partial charge in [0.1, 0.15) is 0 Å². The Morgan fingerprint density at radius 2 is 2.04 bits per heavy atom. The molecule has 0 fully saturated rings. The van der Waals surface area contributed by atoms with Crippen molar-refractivity contribution >= 4 is 28.8 Å². The number of aromatic nitrogens is 1. The first-order chi connectivity index (χ1) is 10.9. The van der Waals surface area contributed by atoms with Crippen LogP contribution in [0.5, 0.6) is 0 Å². The van der Waals surface area contributed by atoms with Crippen LogP contribution in [0.15, 0.2) is 23.6 Å². The summed E-state index contributed by atoms with van der Waals surface area (Å²) in [5, 5.41) is 8.65. The molecule has 6 heteroatoms. The number of hydrogen-bond donors (Lipinski definition) is 2. The van der Waals surface area contributed by atoms with E-state index in [4.69, 9.17) is 0 Å². The van der Waals surface area contributed by atoms with Gasteiger partial charge in [-0.1, -0.05) is 6.92 Å². The van der Waals surface area contributed by atoms with Crippen LogP contribution in [0, 0.1) is 13.8 Å². The van der Waals surface area contributed by atoms with Crippen LogP contribution in [0.4, 0.5) is 10.5 Å². The number of Topliss-reactive ketones (excluding diaryl/α,β-unsaturated/α-hetero) is 1. The maximum absolute atomic E-state index is 12.0. The van der Waals surface area contributed by atoms with E-state index in [1.165, 1.54) is 6.92 Å². The van der Waals surface area contributed by atoms with Gasteiger partial charge in [0, 0.05) is 34.8 Å². The zero-order chi connectivity index (χ0) is 17.0. The van der Waals surface area contributed by atoms with Crippen LogP contribution in [0.25, 0.3) is 0 Å². The van der Waals surface area contributed by atoms with Crippen LogP contribution < -0.4 is 10.6 Å². The number of benzene rings is 1. The maximum Gasteiger partial charge on any atom is 0.319 e. The average molecular weight is 331 g/mol. The van der Waals surface area contributed by atoms with E-state index in [-0.39, 0.29) is 17.7 Å². The zero-order valence-corrected chi connectivity index (χ0v) is 14.6. The summed E-state index contributed by atoms with van der Waals surface area (Å²) in [6.07, 6.45) is 0. The molecule has 1 aromatic heterocycles. The highest BCUT2D eigenvalue weighted by atomic mass is 32.1. The van der Waals surface area contributed by atoms with Crippen molar-refractivity contribution in [3.63, 3.8) is 0 Å². The van der Waals surface area contributed by atoms with E-state index < -0.39 is 0 Å². The summed E-state index contributed by atoms with van der Waals surface area (Å²) in [6.45, 7) is 7.89. The van der Waals surface area contributed by atoms with Crippen LogP contribution in [0.3, 0.4) is 0 Å². The molecule has 1 aromatic carbocycles. The minimum atomic E-state index is -0.264. The van der Waals surface area contributed by atoms with Gasteiger partial charge in [-0.25, -0.2) is 9.78 Å². The highest BCUT2D eigenvalue weighted by molar-refractivity contribution is 7.09. The molecule has 0 aliphatic rings. The summed E-state index contributed by atoms with van der Waals surface area (Å²) in [5.41, 5.74) is 3.19. The molecule has 0 spiro atoms. The number of carbonyl (C=O) groups excluding carboxylic acids is 2. The molecule has 2 amide bonds. The second kappa shape index (κ2) is 7.37. The molecule has 0 bridgehead atoms. The molecule has 2 rings (SSSR count). The van der Waals surface area contributed by atoms with Crippen LogP contribution in [-0.2, 0) is 0 Å². The lowest BCUT2D eigenvalue weighted by molar-refractivity contribution is 0.101. The van der Waals surface area contributed by atoms with Crippen molar-refractivity contribution in [2.45, 2.75) is 33.6 Å². The van der Waals surface area contributed by atoms with Crippen LogP contribution in [0.2, 0.25) is 0 Å². The molecule has 5 nitrogen and oxygen atoms in total. The van der Waals surface area contributed by atoms with Crippen LogP contribution in [0.1, 0.15) is 46.4 Å². The summed E-state index contributed by atoms with van der Waals surface area (Å²) < 4.78 is 0. The van der Waals surface area contributed by atoms with Crippen LogP contribution in [-0.4, -0.2) is 23.3 Å². The Bertz CT molecular complexity index is 724. The highest BCUT2D eigenvalue weighted by Gasteiger charge is 2.12. The van der Waals surface area contributed by atoms with E-state index in [2.05, 4.69) is 15.6 Å². The average Bonchev–Trinajstić information content (AvgIpc) is 2.91. The first-order valence-electron chi connectivity index (χ1n) is 7.45. The van der Waals surface area contributed by atoms with E-state index in [1.54, 1.807) is 29.5 Å². The number of rotatable bonds is 5. The van der Waals surface area contributed by atoms with Crippen molar-refractivity contribution in [1.82, 2.24) is 10.3 Å². The number of anilines is 1. The van der Waals surface area contributed by atoms with Gasteiger partial charge in [0.15, 0.2) is 5.78 Å². The Morgan fingerprint density at radius 3 is 2.61 bits per heavy atom. The number of hydrogen-bond acceptors (Lipinski definition) is 4. The van der Waals surface area contributed by atoms with E-state index in [1.807, 2.05) is 26.2 Å². The lowest BCUT2D eigenvalue weighted by Crippen LogP contribution is -2.31. The topological polar surface area (TPSA) is 71.1 Å². The molecular weight excluding hydrogens is 310 g/mol. The predicted octanol–water partition coefficient (Wildman–Crippen LogP) is 3.89. The van der Waals surface area contributed by atoms with Gasteiger partial charge in [0.05, 0.1) is 5.01 Å². The Balaban J connectivity index is 1.89. The molecule has 0 aliphatic heterocycles. The Morgan fingerprint density at radius 1 is 1.30 bits per heavy atom. The first-order valence-corrected chi connectivity index (χ1v) is 8.33. The second-order valence-corrected chi connectivity index (χ2v) is 6.54. The smallest absolute Gasteiger partial charge is 0.319 e. The molecule has 0 saturated carbocycles. The van der Waals surface area contributed by atoms with Crippen LogP contribution >= 0.6 is 11.3 Å². The van der Waals surface area contributed by atoms with Crippen molar-refractivity contribution in [3.05, 3.63) is 45.4 Å². The zero-order valence-electron chi connectivity index (χ0n) is 13.8. The van der Waals surface area contributed by atoms with E-state index in [0.717, 1.165) is 16.3 Å². The van der Waals surface area contributed by atoms with Gasteiger partial charge in [-0.3, -0.25) is 4.79 Å². The molecule has 2 N–H and O–H groups in total. The number of nitrogens with zero attached hydrogens (tertiary/aromatic N) is 1. The van der Waals surface area contributed by atoms with E-state index >= 15 is 0 Å². The quantitative estimate of drug-likeness (QED) is 0.817. The van der Waals surface area contributed by atoms with Gasteiger partial charge in [-0.15, -0.1) is 11.3 Å². The summed E-state index contributed by atoms with van der Waals surface area (Å²) in [4.78, 5) is 27.8. The van der Waals surface area contributed by atoms with Crippen molar-refractivity contribution in [3.8, 4) is 0 Å².